The first kappa shape index (κ1) is 9.21. The zero-order valence-corrected chi connectivity index (χ0v) is 10.8. The topological polar surface area (TPSA) is 26.0 Å². The SMILES string of the molecule is NC1CCc2cc(I)c(I)cc21. The summed E-state index contributed by atoms with van der Waals surface area (Å²) in [6, 6.07) is 4.78. The molecule has 12 heavy (non-hydrogen) atoms. The van der Waals surface area contributed by atoms with Crippen LogP contribution in [0.15, 0.2) is 12.1 Å². The molecule has 1 aromatic carbocycles. The Balaban J connectivity index is 2.56. The van der Waals surface area contributed by atoms with Crippen LogP contribution in [0.25, 0.3) is 0 Å². The Morgan fingerprint density at radius 1 is 1.25 bits per heavy atom. The highest BCUT2D eigenvalue weighted by atomic mass is 127. The van der Waals surface area contributed by atoms with Gasteiger partial charge in [0.1, 0.15) is 0 Å². The molecule has 0 saturated carbocycles. The molecule has 1 atom stereocenters. The van der Waals surface area contributed by atoms with Gasteiger partial charge in [-0.1, -0.05) is 0 Å². The van der Waals surface area contributed by atoms with Crippen LogP contribution in [0, 0.1) is 7.14 Å². The van der Waals surface area contributed by atoms with E-state index in [1.165, 1.54) is 18.3 Å². The maximum atomic E-state index is 5.96. The van der Waals surface area contributed by atoms with Gasteiger partial charge in [-0.25, -0.2) is 0 Å². The standard InChI is InChI=1S/C9H9I2N/c10-7-3-5-1-2-9(12)6(5)4-8(7)11/h3-4,9H,1-2,12H2. The second-order valence-electron chi connectivity index (χ2n) is 3.11. The molecule has 0 saturated heterocycles. The molecule has 64 valence electrons. The van der Waals surface area contributed by atoms with Crippen molar-refractivity contribution in [3.8, 4) is 0 Å². The predicted octanol–water partition coefficient (Wildman–Crippen LogP) is 2.84. The molecule has 1 aliphatic rings. The highest BCUT2D eigenvalue weighted by Gasteiger charge is 2.19. The van der Waals surface area contributed by atoms with E-state index in [2.05, 4.69) is 57.3 Å². The fraction of sp³-hybridized carbons (Fsp3) is 0.333. The third-order valence-electron chi connectivity index (χ3n) is 2.31. The quantitative estimate of drug-likeness (QED) is 0.684. The van der Waals surface area contributed by atoms with Gasteiger partial charge in [0, 0.05) is 13.2 Å². The summed E-state index contributed by atoms with van der Waals surface area (Å²) >= 11 is 4.74. The monoisotopic (exact) mass is 385 g/mol. The second-order valence-corrected chi connectivity index (χ2v) is 5.43. The second kappa shape index (κ2) is 3.42. The third kappa shape index (κ3) is 1.50. The molecule has 2 N–H and O–H groups in total. The molecule has 3 heteroatoms. The molecule has 2 rings (SSSR count). The van der Waals surface area contributed by atoms with Crippen LogP contribution >= 0.6 is 45.2 Å². The molecule has 1 unspecified atom stereocenters. The predicted molar refractivity (Wildman–Crippen MR) is 67.1 cm³/mol. The van der Waals surface area contributed by atoms with Gasteiger partial charge < -0.3 is 5.73 Å². The summed E-state index contributed by atoms with van der Waals surface area (Å²) < 4.78 is 2.67. The Labute approximate surface area is 99.4 Å². The molecule has 0 amide bonds. The number of fused-ring (bicyclic) bond motifs is 1. The number of hydrogen-bond acceptors (Lipinski definition) is 1. The van der Waals surface area contributed by atoms with Crippen molar-refractivity contribution in [3.05, 3.63) is 30.4 Å². The number of nitrogens with two attached hydrogens (primary N) is 1. The van der Waals surface area contributed by atoms with Crippen LogP contribution in [0.1, 0.15) is 23.6 Å². The highest BCUT2D eigenvalue weighted by Crippen LogP contribution is 2.32. The molecule has 1 aliphatic carbocycles. The zero-order chi connectivity index (χ0) is 8.72. The summed E-state index contributed by atoms with van der Waals surface area (Å²) in [6.07, 6.45) is 2.27. The number of rotatable bonds is 0. The third-order valence-corrected chi connectivity index (χ3v) is 5.12. The Hall–Kier alpha value is 0.640. The van der Waals surface area contributed by atoms with Gasteiger partial charge in [-0.2, -0.15) is 0 Å². The van der Waals surface area contributed by atoms with Crippen LogP contribution < -0.4 is 5.73 Å². The summed E-state index contributed by atoms with van der Waals surface area (Å²) in [5.74, 6) is 0. The summed E-state index contributed by atoms with van der Waals surface area (Å²) in [5, 5.41) is 0. The largest absolute Gasteiger partial charge is 0.324 e. The number of hydrogen-bond donors (Lipinski definition) is 1. The molecule has 0 aliphatic heterocycles. The molecule has 0 radical (unpaired) electrons. The minimum absolute atomic E-state index is 0.283. The minimum Gasteiger partial charge on any atom is -0.324 e. The first-order valence-electron chi connectivity index (χ1n) is 3.92. The fourth-order valence-electron chi connectivity index (χ4n) is 1.63. The Morgan fingerprint density at radius 3 is 2.67 bits per heavy atom. The lowest BCUT2D eigenvalue weighted by Gasteiger charge is -2.06. The number of halogens is 2. The van der Waals surface area contributed by atoms with Gasteiger partial charge in [-0.3, -0.25) is 0 Å². The number of aryl methyl sites for hydroxylation is 1. The van der Waals surface area contributed by atoms with E-state index in [1.807, 2.05) is 0 Å². The van der Waals surface area contributed by atoms with E-state index >= 15 is 0 Å². The van der Waals surface area contributed by atoms with Gasteiger partial charge >= 0.3 is 0 Å². The smallest absolute Gasteiger partial charge is 0.0301 e. The van der Waals surface area contributed by atoms with E-state index in [4.69, 9.17) is 5.73 Å². The van der Waals surface area contributed by atoms with Gasteiger partial charge in [0.2, 0.25) is 0 Å². The average Bonchev–Trinajstić information content (AvgIpc) is 2.35. The van der Waals surface area contributed by atoms with Gasteiger partial charge in [-0.15, -0.1) is 0 Å². The van der Waals surface area contributed by atoms with Gasteiger partial charge in [0.15, 0.2) is 0 Å². The van der Waals surface area contributed by atoms with Gasteiger partial charge in [-0.05, 0) is 81.3 Å². The van der Waals surface area contributed by atoms with E-state index < -0.39 is 0 Å². The Kier molecular flexibility index (Phi) is 2.62. The van der Waals surface area contributed by atoms with Crippen molar-refractivity contribution >= 4 is 45.2 Å². The van der Waals surface area contributed by atoms with E-state index in [0.717, 1.165) is 12.8 Å². The maximum absolute atomic E-state index is 5.96. The van der Waals surface area contributed by atoms with E-state index in [9.17, 15) is 0 Å². The molecule has 0 bridgehead atoms. The van der Waals surface area contributed by atoms with Gasteiger partial charge in [0.25, 0.3) is 0 Å². The summed E-state index contributed by atoms with van der Waals surface area (Å²) in [4.78, 5) is 0. The molecular weight excluding hydrogens is 376 g/mol. The number of benzene rings is 1. The molecule has 0 aromatic heterocycles. The molecule has 1 nitrogen and oxygen atoms in total. The van der Waals surface area contributed by atoms with E-state index in [1.54, 1.807) is 0 Å². The highest BCUT2D eigenvalue weighted by molar-refractivity contribution is 14.1. The lowest BCUT2D eigenvalue weighted by atomic mass is 10.1. The van der Waals surface area contributed by atoms with Crippen LogP contribution in [0.5, 0.6) is 0 Å². The van der Waals surface area contributed by atoms with Crippen LogP contribution in [0.2, 0.25) is 0 Å². The molecular formula is C9H9I2N. The summed E-state index contributed by atoms with van der Waals surface area (Å²) in [5.41, 5.74) is 8.77. The van der Waals surface area contributed by atoms with Crippen LogP contribution in [-0.4, -0.2) is 0 Å². The van der Waals surface area contributed by atoms with E-state index in [0.29, 0.717) is 0 Å². The van der Waals surface area contributed by atoms with Crippen LogP contribution in [0.3, 0.4) is 0 Å². The molecule has 0 heterocycles. The van der Waals surface area contributed by atoms with Crippen molar-refractivity contribution in [1.29, 1.82) is 0 Å². The van der Waals surface area contributed by atoms with Crippen molar-refractivity contribution in [3.63, 3.8) is 0 Å². The average molecular weight is 385 g/mol. The van der Waals surface area contributed by atoms with Gasteiger partial charge in [0.05, 0.1) is 0 Å². The lowest BCUT2D eigenvalue weighted by molar-refractivity contribution is 0.713. The molecule has 0 fully saturated rings. The van der Waals surface area contributed by atoms with Crippen molar-refractivity contribution in [1.82, 2.24) is 0 Å². The Bertz CT molecular complexity index is 323. The zero-order valence-electron chi connectivity index (χ0n) is 6.48. The van der Waals surface area contributed by atoms with Crippen LogP contribution in [0.4, 0.5) is 0 Å². The normalized spacial score (nSPS) is 21.1. The van der Waals surface area contributed by atoms with Crippen molar-refractivity contribution in [2.45, 2.75) is 18.9 Å². The first-order chi connectivity index (χ1) is 5.68. The summed E-state index contributed by atoms with van der Waals surface area (Å²) in [6.45, 7) is 0. The Morgan fingerprint density at radius 2 is 1.92 bits per heavy atom. The van der Waals surface area contributed by atoms with E-state index in [-0.39, 0.29) is 6.04 Å². The van der Waals surface area contributed by atoms with Crippen molar-refractivity contribution in [2.24, 2.45) is 5.73 Å². The van der Waals surface area contributed by atoms with Crippen LogP contribution in [-0.2, 0) is 6.42 Å². The molecule has 1 aromatic rings. The summed E-state index contributed by atoms with van der Waals surface area (Å²) in [7, 11) is 0. The molecule has 0 spiro atoms. The first-order valence-corrected chi connectivity index (χ1v) is 6.07. The minimum atomic E-state index is 0.283. The fourth-order valence-corrected chi connectivity index (χ4v) is 2.65. The van der Waals surface area contributed by atoms with Crippen molar-refractivity contribution < 1.29 is 0 Å². The maximum Gasteiger partial charge on any atom is 0.0301 e. The lowest BCUT2D eigenvalue weighted by Crippen LogP contribution is -2.05. The van der Waals surface area contributed by atoms with Crippen molar-refractivity contribution in [2.75, 3.05) is 0 Å².